The lowest BCUT2D eigenvalue weighted by Crippen LogP contribution is -2.38. The first-order valence-corrected chi connectivity index (χ1v) is 8.60. The van der Waals surface area contributed by atoms with E-state index in [1.807, 2.05) is 24.1 Å². The van der Waals surface area contributed by atoms with Crippen molar-refractivity contribution in [1.29, 1.82) is 0 Å². The van der Waals surface area contributed by atoms with Crippen molar-refractivity contribution < 1.29 is 9.53 Å². The van der Waals surface area contributed by atoms with Crippen LogP contribution in [0.25, 0.3) is 0 Å². The maximum absolute atomic E-state index is 11.7. The second kappa shape index (κ2) is 7.69. The molecule has 136 valence electrons. The fourth-order valence-electron chi connectivity index (χ4n) is 3.19. The van der Waals surface area contributed by atoms with Gasteiger partial charge in [-0.05, 0) is 26.1 Å². The molecule has 0 atom stereocenters. The Morgan fingerprint density at radius 3 is 2.96 bits per heavy atom. The van der Waals surface area contributed by atoms with Crippen LogP contribution in [0, 0.1) is 0 Å². The average Bonchev–Trinajstić information content (AvgIpc) is 3.19. The van der Waals surface area contributed by atoms with Gasteiger partial charge in [-0.15, -0.1) is 0 Å². The highest BCUT2D eigenvalue weighted by Crippen LogP contribution is 2.15. The van der Waals surface area contributed by atoms with Crippen LogP contribution in [-0.2, 0) is 37.8 Å². The Kier molecular flexibility index (Phi) is 5.37. The highest BCUT2D eigenvalue weighted by Gasteiger charge is 2.22. The van der Waals surface area contributed by atoms with E-state index in [9.17, 15) is 4.79 Å². The van der Waals surface area contributed by atoms with Crippen LogP contribution in [0.2, 0.25) is 0 Å². The molecule has 3 rings (SSSR count). The number of ether oxygens (including phenoxy) is 1. The molecule has 0 aromatic carbocycles. The van der Waals surface area contributed by atoms with E-state index in [2.05, 4.69) is 32.7 Å². The summed E-state index contributed by atoms with van der Waals surface area (Å²) in [6, 6.07) is 2.09. The molecule has 0 unspecified atom stereocenters. The van der Waals surface area contributed by atoms with Gasteiger partial charge >= 0.3 is 6.09 Å². The first-order valence-electron chi connectivity index (χ1n) is 8.60. The van der Waals surface area contributed by atoms with Crippen LogP contribution in [-0.4, -0.2) is 62.5 Å². The summed E-state index contributed by atoms with van der Waals surface area (Å²) >= 11 is 0. The molecule has 2 aromatic rings. The normalized spacial score (nSPS) is 14.0. The maximum Gasteiger partial charge on any atom is 0.409 e. The molecule has 0 fully saturated rings. The lowest BCUT2D eigenvalue weighted by atomic mass is 10.2. The maximum atomic E-state index is 11.7. The highest BCUT2D eigenvalue weighted by atomic mass is 16.5. The molecule has 8 heteroatoms. The Morgan fingerprint density at radius 1 is 1.40 bits per heavy atom. The predicted molar refractivity (Wildman–Crippen MR) is 92.9 cm³/mol. The molecule has 3 heterocycles. The number of aromatic nitrogens is 4. The van der Waals surface area contributed by atoms with Crippen LogP contribution in [0.5, 0.6) is 0 Å². The number of rotatable bonds is 6. The number of nitrogens with zero attached hydrogens (tertiary/aromatic N) is 6. The summed E-state index contributed by atoms with van der Waals surface area (Å²) < 4.78 is 8.86. The van der Waals surface area contributed by atoms with Gasteiger partial charge in [0.2, 0.25) is 0 Å². The van der Waals surface area contributed by atoms with Gasteiger partial charge in [0.15, 0.2) is 0 Å². The molecule has 0 bridgehead atoms. The van der Waals surface area contributed by atoms with E-state index in [4.69, 9.17) is 4.74 Å². The van der Waals surface area contributed by atoms with Crippen molar-refractivity contribution in [3.63, 3.8) is 0 Å². The minimum absolute atomic E-state index is 0.277. The minimum atomic E-state index is -0.277. The number of imidazole rings is 1. The van der Waals surface area contributed by atoms with E-state index >= 15 is 0 Å². The first-order chi connectivity index (χ1) is 12.1. The number of carbonyl (C=O) groups excluding carboxylic acids is 1. The van der Waals surface area contributed by atoms with Gasteiger partial charge in [0.25, 0.3) is 0 Å². The zero-order valence-corrected chi connectivity index (χ0v) is 15.2. The molecule has 1 aliphatic rings. The van der Waals surface area contributed by atoms with Crippen LogP contribution in [0.1, 0.15) is 23.6 Å². The van der Waals surface area contributed by atoms with E-state index in [0.717, 1.165) is 43.1 Å². The Hall–Kier alpha value is -2.35. The van der Waals surface area contributed by atoms with E-state index in [0.29, 0.717) is 19.6 Å². The van der Waals surface area contributed by atoms with E-state index < -0.39 is 0 Å². The summed E-state index contributed by atoms with van der Waals surface area (Å²) in [5.74, 6) is 1.12. The van der Waals surface area contributed by atoms with Crippen LogP contribution >= 0.6 is 0 Å². The van der Waals surface area contributed by atoms with Gasteiger partial charge in [0.1, 0.15) is 5.82 Å². The second-order valence-electron chi connectivity index (χ2n) is 6.54. The minimum Gasteiger partial charge on any atom is -0.453 e. The van der Waals surface area contributed by atoms with Crippen LogP contribution in [0.3, 0.4) is 0 Å². The van der Waals surface area contributed by atoms with E-state index in [1.165, 1.54) is 7.11 Å². The van der Waals surface area contributed by atoms with Gasteiger partial charge in [-0.1, -0.05) is 0 Å². The third-order valence-electron chi connectivity index (χ3n) is 4.57. The molecule has 1 amide bonds. The molecular formula is C17H26N6O2. The van der Waals surface area contributed by atoms with Crippen molar-refractivity contribution in [3.8, 4) is 0 Å². The van der Waals surface area contributed by atoms with Gasteiger partial charge in [-0.3, -0.25) is 4.68 Å². The third-order valence-corrected chi connectivity index (χ3v) is 4.57. The van der Waals surface area contributed by atoms with Crippen molar-refractivity contribution in [2.75, 3.05) is 27.2 Å². The number of amides is 1. The van der Waals surface area contributed by atoms with Crippen molar-refractivity contribution in [2.45, 2.75) is 32.5 Å². The SMILES string of the molecule is COC(=O)N1CCn2nc(CN(C)CCCc3nccn3C)cc2C1. The summed E-state index contributed by atoms with van der Waals surface area (Å²) in [6.45, 7) is 3.71. The molecule has 2 aromatic heterocycles. The lowest BCUT2D eigenvalue weighted by molar-refractivity contribution is 0.111. The fraction of sp³-hybridized carbons (Fsp3) is 0.588. The summed E-state index contributed by atoms with van der Waals surface area (Å²) in [6.07, 6.45) is 5.58. The molecule has 0 N–H and O–H groups in total. The quantitative estimate of drug-likeness (QED) is 0.788. The topological polar surface area (TPSA) is 68.4 Å². The summed E-state index contributed by atoms with van der Waals surface area (Å²) in [4.78, 5) is 20.0. The van der Waals surface area contributed by atoms with Crippen molar-refractivity contribution in [1.82, 2.24) is 29.1 Å². The summed E-state index contributed by atoms with van der Waals surface area (Å²) in [5, 5.41) is 4.66. The van der Waals surface area contributed by atoms with Crippen molar-refractivity contribution in [2.24, 2.45) is 7.05 Å². The molecule has 0 aliphatic carbocycles. The molecule has 0 saturated carbocycles. The van der Waals surface area contributed by atoms with E-state index in [1.54, 1.807) is 4.90 Å². The zero-order chi connectivity index (χ0) is 17.8. The Labute approximate surface area is 148 Å². The highest BCUT2D eigenvalue weighted by molar-refractivity contribution is 5.67. The largest absolute Gasteiger partial charge is 0.453 e. The average molecular weight is 346 g/mol. The molecule has 1 aliphatic heterocycles. The number of fused-ring (bicyclic) bond motifs is 1. The lowest BCUT2D eigenvalue weighted by Gasteiger charge is -2.26. The molecule has 0 radical (unpaired) electrons. The Bertz CT molecular complexity index is 723. The Balaban J connectivity index is 1.49. The van der Waals surface area contributed by atoms with Gasteiger partial charge < -0.3 is 19.1 Å². The first kappa shape index (κ1) is 17.5. The molecular weight excluding hydrogens is 320 g/mol. The smallest absolute Gasteiger partial charge is 0.409 e. The van der Waals surface area contributed by atoms with Crippen LogP contribution in [0.4, 0.5) is 4.79 Å². The van der Waals surface area contributed by atoms with Gasteiger partial charge in [0, 0.05) is 39.0 Å². The summed E-state index contributed by atoms with van der Waals surface area (Å²) in [7, 11) is 5.55. The molecule has 25 heavy (non-hydrogen) atoms. The third kappa shape index (κ3) is 4.19. The monoisotopic (exact) mass is 346 g/mol. The van der Waals surface area contributed by atoms with Gasteiger partial charge in [-0.2, -0.15) is 5.10 Å². The molecule has 0 spiro atoms. The molecule has 0 saturated heterocycles. The molecule has 8 nitrogen and oxygen atoms in total. The van der Waals surface area contributed by atoms with Gasteiger partial charge in [0.05, 0.1) is 31.6 Å². The Morgan fingerprint density at radius 2 is 2.24 bits per heavy atom. The predicted octanol–water partition coefficient (Wildman–Crippen LogP) is 1.26. The number of hydrogen-bond acceptors (Lipinski definition) is 5. The standard InChI is InChI=1S/C17H26N6O2/c1-20(7-4-5-16-18-6-8-21(16)2)12-14-11-15-13-22(17(24)25-3)9-10-23(15)19-14/h6,8,11H,4-5,7,9-10,12-13H2,1-3H3. The number of hydrogen-bond donors (Lipinski definition) is 0. The van der Waals surface area contributed by atoms with Gasteiger partial charge in [-0.25, -0.2) is 9.78 Å². The van der Waals surface area contributed by atoms with Crippen LogP contribution in [0.15, 0.2) is 18.5 Å². The van der Waals surface area contributed by atoms with Crippen molar-refractivity contribution in [3.05, 3.63) is 35.7 Å². The zero-order valence-electron chi connectivity index (χ0n) is 15.2. The van der Waals surface area contributed by atoms with E-state index in [-0.39, 0.29) is 6.09 Å². The van der Waals surface area contributed by atoms with Crippen molar-refractivity contribution >= 4 is 6.09 Å². The summed E-state index contributed by atoms with van der Waals surface area (Å²) in [5.41, 5.74) is 2.11. The number of carbonyl (C=O) groups is 1. The number of aryl methyl sites for hydroxylation is 2. The number of methoxy groups -OCH3 is 1. The second-order valence-corrected chi connectivity index (χ2v) is 6.54. The van der Waals surface area contributed by atoms with Crippen LogP contribution < -0.4 is 0 Å². The fourth-order valence-corrected chi connectivity index (χ4v) is 3.19.